The molecule has 0 aromatic heterocycles. The van der Waals surface area contributed by atoms with E-state index in [1.54, 1.807) is 20.8 Å². The maximum atomic E-state index is 11.7. The number of carboxylic acids is 1. The number of carboxylic acid groups (broad SMARTS) is 1. The molecule has 1 aliphatic heterocycles. The molecule has 19 heavy (non-hydrogen) atoms. The molecule has 1 rings (SSSR count). The molecular formula is C13H24N2O4. The van der Waals surface area contributed by atoms with E-state index in [9.17, 15) is 9.59 Å². The largest absolute Gasteiger partial charge is 0.481 e. The highest BCUT2D eigenvalue weighted by molar-refractivity contribution is 5.69. The highest BCUT2D eigenvalue weighted by Gasteiger charge is 2.31. The summed E-state index contributed by atoms with van der Waals surface area (Å²) in [6, 6.07) is -0.137. The molecule has 6 heteroatoms. The van der Waals surface area contributed by atoms with Crippen LogP contribution >= 0.6 is 0 Å². The van der Waals surface area contributed by atoms with Crippen LogP contribution in [0.1, 0.15) is 33.6 Å². The Hall–Kier alpha value is -1.30. The van der Waals surface area contributed by atoms with E-state index in [2.05, 4.69) is 10.2 Å². The summed E-state index contributed by atoms with van der Waals surface area (Å²) in [5, 5.41) is 11.7. The van der Waals surface area contributed by atoms with Gasteiger partial charge in [-0.05, 0) is 40.8 Å². The van der Waals surface area contributed by atoms with E-state index in [1.807, 2.05) is 7.05 Å². The van der Waals surface area contributed by atoms with Crippen molar-refractivity contribution in [1.82, 2.24) is 10.2 Å². The van der Waals surface area contributed by atoms with Gasteiger partial charge in [0.2, 0.25) is 0 Å². The molecule has 0 saturated carbocycles. The van der Waals surface area contributed by atoms with Crippen molar-refractivity contribution in [3.63, 3.8) is 0 Å². The van der Waals surface area contributed by atoms with Crippen molar-refractivity contribution in [2.45, 2.75) is 45.3 Å². The number of alkyl carbamates (subject to hydrolysis) is 1. The molecule has 2 atom stereocenters. The van der Waals surface area contributed by atoms with Crippen LogP contribution in [0.15, 0.2) is 0 Å². The smallest absolute Gasteiger partial charge is 0.407 e. The maximum absolute atomic E-state index is 11.7. The average Bonchev–Trinajstić information content (AvgIpc) is 2.18. The van der Waals surface area contributed by atoms with Gasteiger partial charge >= 0.3 is 12.1 Å². The summed E-state index contributed by atoms with van der Waals surface area (Å²) in [7, 11) is 1.96. The summed E-state index contributed by atoms with van der Waals surface area (Å²) >= 11 is 0. The number of amides is 1. The number of nitrogens with one attached hydrogen (secondary N) is 1. The van der Waals surface area contributed by atoms with Crippen molar-refractivity contribution in [3.8, 4) is 0 Å². The van der Waals surface area contributed by atoms with Crippen molar-refractivity contribution in [2.75, 3.05) is 20.1 Å². The van der Waals surface area contributed by atoms with E-state index in [4.69, 9.17) is 9.84 Å². The van der Waals surface area contributed by atoms with Crippen LogP contribution in [-0.4, -0.2) is 53.8 Å². The molecule has 0 aliphatic carbocycles. The normalized spacial score (nSPS) is 24.8. The topological polar surface area (TPSA) is 78.9 Å². The van der Waals surface area contributed by atoms with Gasteiger partial charge in [0.25, 0.3) is 0 Å². The quantitative estimate of drug-likeness (QED) is 0.809. The van der Waals surface area contributed by atoms with Gasteiger partial charge in [-0.25, -0.2) is 4.79 Å². The third kappa shape index (κ3) is 5.92. The number of aliphatic carboxylic acids is 1. The minimum absolute atomic E-state index is 0.0603. The van der Waals surface area contributed by atoms with Crippen LogP contribution in [0.2, 0.25) is 0 Å². The Labute approximate surface area is 114 Å². The van der Waals surface area contributed by atoms with E-state index in [1.165, 1.54) is 0 Å². The van der Waals surface area contributed by atoms with E-state index < -0.39 is 17.7 Å². The Morgan fingerprint density at radius 3 is 2.58 bits per heavy atom. The van der Waals surface area contributed by atoms with E-state index in [0.29, 0.717) is 6.54 Å². The number of rotatable bonds is 3. The van der Waals surface area contributed by atoms with Crippen LogP contribution in [0.4, 0.5) is 4.79 Å². The molecule has 1 aliphatic rings. The van der Waals surface area contributed by atoms with Gasteiger partial charge in [-0.15, -0.1) is 0 Å². The number of hydrogen-bond acceptors (Lipinski definition) is 4. The zero-order valence-corrected chi connectivity index (χ0v) is 12.1. The second-order valence-electron chi connectivity index (χ2n) is 6.16. The van der Waals surface area contributed by atoms with Crippen molar-refractivity contribution in [1.29, 1.82) is 0 Å². The summed E-state index contributed by atoms with van der Waals surface area (Å²) in [5.74, 6) is -0.917. The molecule has 1 heterocycles. The van der Waals surface area contributed by atoms with Crippen molar-refractivity contribution in [2.24, 2.45) is 5.92 Å². The van der Waals surface area contributed by atoms with Crippen LogP contribution < -0.4 is 5.32 Å². The first-order chi connectivity index (χ1) is 8.67. The first-order valence-corrected chi connectivity index (χ1v) is 6.57. The zero-order valence-electron chi connectivity index (χ0n) is 12.1. The first kappa shape index (κ1) is 15.8. The standard InChI is InChI=1S/C13H24N2O4/c1-13(2,3)19-12(18)14-10-5-6-15(4)8-9(10)7-11(16)17/h9-10H,5-8H2,1-4H3,(H,14,18)(H,16,17)/t9-,10-/m1/s1. The highest BCUT2D eigenvalue weighted by Crippen LogP contribution is 2.20. The molecule has 1 fully saturated rings. The van der Waals surface area contributed by atoms with E-state index in [0.717, 1.165) is 13.0 Å². The second kappa shape index (κ2) is 6.23. The predicted molar refractivity (Wildman–Crippen MR) is 71.0 cm³/mol. The summed E-state index contributed by atoms with van der Waals surface area (Å²) in [5.41, 5.74) is -0.544. The minimum Gasteiger partial charge on any atom is -0.481 e. The minimum atomic E-state index is -0.837. The van der Waals surface area contributed by atoms with Crippen LogP contribution in [0, 0.1) is 5.92 Å². The van der Waals surface area contributed by atoms with Gasteiger partial charge in [0.15, 0.2) is 0 Å². The molecule has 1 saturated heterocycles. The number of carbonyl (C=O) groups excluding carboxylic acids is 1. The van der Waals surface area contributed by atoms with Gasteiger partial charge in [0.05, 0.1) is 6.42 Å². The number of nitrogens with zero attached hydrogens (tertiary/aromatic N) is 1. The Balaban J connectivity index is 2.58. The molecule has 0 bridgehead atoms. The van der Waals surface area contributed by atoms with Crippen molar-refractivity contribution >= 4 is 12.1 Å². The number of hydrogen-bond donors (Lipinski definition) is 2. The van der Waals surface area contributed by atoms with E-state index >= 15 is 0 Å². The first-order valence-electron chi connectivity index (χ1n) is 6.57. The average molecular weight is 272 g/mol. The van der Waals surface area contributed by atoms with Crippen LogP contribution in [0.5, 0.6) is 0 Å². The molecule has 110 valence electrons. The van der Waals surface area contributed by atoms with Gasteiger partial charge in [0, 0.05) is 18.5 Å². The lowest BCUT2D eigenvalue weighted by molar-refractivity contribution is -0.138. The Morgan fingerprint density at radius 1 is 1.42 bits per heavy atom. The third-order valence-corrected chi connectivity index (χ3v) is 3.08. The molecule has 6 nitrogen and oxygen atoms in total. The van der Waals surface area contributed by atoms with Gasteiger partial charge < -0.3 is 20.1 Å². The lowest BCUT2D eigenvalue weighted by Gasteiger charge is -2.36. The molecular weight excluding hydrogens is 248 g/mol. The maximum Gasteiger partial charge on any atom is 0.407 e. The fraction of sp³-hybridized carbons (Fsp3) is 0.846. The van der Waals surface area contributed by atoms with Gasteiger partial charge in [-0.3, -0.25) is 4.79 Å². The second-order valence-corrected chi connectivity index (χ2v) is 6.16. The summed E-state index contributed by atoms with van der Waals surface area (Å²) in [6.45, 7) is 6.92. The van der Waals surface area contributed by atoms with Gasteiger partial charge in [0.1, 0.15) is 5.60 Å². The Kier molecular flexibility index (Phi) is 5.17. The Morgan fingerprint density at radius 2 is 2.05 bits per heavy atom. The number of piperidine rings is 1. The van der Waals surface area contributed by atoms with Crippen LogP contribution in [-0.2, 0) is 9.53 Å². The summed E-state index contributed by atoms with van der Waals surface area (Å²) in [6.07, 6.45) is 0.329. The predicted octanol–water partition coefficient (Wildman–Crippen LogP) is 1.31. The molecule has 0 radical (unpaired) electrons. The number of likely N-dealkylation sites (tertiary alicyclic amines) is 1. The Bertz CT molecular complexity index is 338. The van der Waals surface area contributed by atoms with Gasteiger partial charge in [-0.1, -0.05) is 0 Å². The molecule has 0 unspecified atom stereocenters. The van der Waals surface area contributed by atoms with Crippen LogP contribution in [0.3, 0.4) is 0 Å². The zero-order chi connectivity index (χ0) is 14.6. The molecule has 2 N–H and O–H groups in total. The van der Waals surface area contributed by atoms with E-state index in [-0.39, 0.29) is 18.4 Å². The molecule has 1 amide bonds. The summed E-state index contributed by atoms with van der Waals surface area (Å²) < 4.78 is 5.21. The lowest BCUT2D eigenvalue weighted by atomic mass is 9.89. The molecule has 0 aromatic rings. The molecule has 0 spiro atoms. The SMILES string of the molecule is CN1CC[C@@H](NC(=O)OC(C)(C)C)[C@H](CC(=O)O)C1. The third-order valence-electron chi connectivity index (χ3n) is 3.08. The van der Waals surface area contributed by atoms with Crippen molar-refractivity contribution < 1.29 is 19.4 Å². The number of carbonyl (C=O) groups is 2. The highest BCUT2D eigenvalue weighted by atomic mass is 16.6. The summed E-state index contributed by atoms with van der Waals surface area (Å²) in [4.78, 5) is 24.7. The van der Waals surface area contributed by atoms with Crippen molar-refractivity contribution in [3.05, 3.63) is 0 Å². The monoisotopic (exact) mass is 272 g/mol. The number of ether oxygens (including phenoxy) is 1. The molecule has 0 aromatic carbocycles. The fourth-order valence-corrected chi connectivity index (χ4v) is 2.29. The fourth-order valence-electron chi connectivity index (χ4n) is 2.29. The lowest BCUT2D eigenvalue weighted by Crippen LogP contribution is -2.51. The van der Waals surface area contributed by atoms with Crippen LogP contribution in [0.25, 0.3) is 0 Å². The van der Waals surface area contributed by atoms with Gasteiger partial charge in [-0.2, -0.15) is 0 Å².